The van der Waals surface area contributed by atoms with E-state index in [-0.39, 0.29) is 10.6 Å². The van der Waals surface area contributed by atoms with Crippen molar-refractivity contribution >= 4 is 33.2 Å². The van der Waals surface area contributed by atoms with Crippen molar-refractivity contribution in [1.29, 1.82) is 0 Å². The Morgan fingerprint density at radius 2 is 1.73 bits per heavy atom. The van der Waals surface area contributed by atoms with Crippen LogP contribution in [0.1, 0.15) is 10.5 Å². The number of nitrogens with zero attached hydrogens (tertiary/aromatic N) is 3. The highest BCUT2D eigenvalue weighted by Crippen LogP contribution is 2.20. The summed E-state index contributed by atoms with van der Waals surface area (Å²) in [4.78, 5) is 18.4. The molecule has 0 bridgehead atoms. The van der Waals surface area contributed by atoms with E-state index in [0.29, 0.717) is 36.9 Å². The van der Waals surface area contributed by atoms with Gasteiger partial charge in [0.05, 0.1) is 9.92 Å². The Hall–Kier alpha value is -2.00. The van der Waals surface area contributed by atoms with E-state index in [1.807, 2.05) is 7.05 Å². The van der Waals surface area contributed by atoms with E-state index in [1.165, 1.54) is 28.7 Å². The summed E-state index contributed by atoms with van der Waals surface area (Å²) in [5, 5.41) is 3.13. The zero-order valence-electron chi connectivity index (χ0n) is 14.2. The van der Waals surface area contributed by atoms with Crippen molar-refractivity contribution in [1.82, 2.24) is 14.2 Å². The first-order chi connectivity index (χ1) is 12.4. The molecule has 0 radical (unpaired) electrons. The van der Waals surface area contributed by atoms with Gasteiger partial charge in [-0.3, -0.25) is 4.79 Å². The molecule has 3 rings (SSSR count). The van der Waals surface area contributed by atoms with E-state index in [1.54, 1.807) is 18.2 Å². The number of anilines is 1. The Morgan fingerprint density at radius 3 is 2.31 bits per heavy atom. The van der Waals surface area contributed by atoms with E-state index in [4.69, 9.17) is 11.6 Å². The molecule has 0 unspecified atom stereocenters. The van der Waals surface area contributed by atoms with Crippen molar-refractivity contribution in [2.45, 2.75) is 4.90 Å². The minimum absolute atomic E-state index is 0.213. The van der Waals surface area contributed by atoms with Crippen molar-refractivity contribution in [3.63, 3.8) is 0 Å². The molecular formula is C17H19ClN4O3S. The summed E-state index contributed by atoms with van der Waals surface area (Å²) in [6.07, 6.45) is 1.39. The van der Waals surface area contributed by atoms with Gasteiger partial charge in [-0.1, -0.05) is 11.6 Å². The van der Waals surface area contributed by atoms with Crippen molar-refractivity contribution in [3.8, 4) is 0 Å². The quantitative estimate of drug-likeness (QED) is 0.856. The molecule has 1 aliphatic heterocycles. The molecule has 9 heteroatoms. The zero-order valence-corrected chi connectivity index (χ0v) is 15.8. The van der Waals surface area contributed by atoms with Crippen LogP contribution in [0.25, 0.3) is 0 Å². The Balaban J connectivity index is 1.70. The van der Waals surface area contributed by atoms with Gasteiger partial charge >= 0.3 is 0 Å². The normalized spacial score (nSPS) is 16.4. The molecule has 26 heavy (non-hydrogen) atoms. The number of carbonyl (C=O) groups is 1. The van der Waals surface area contributed by atoms with Gasteiger partial charge in [-0.25, -0.2) is 13.4 Å². The molecule has 1 fully saturated rings. The molecule has 7 nitrogen and oxygen atoms in total. The average molecular weight is 395 g/mol. The Bertz CT molecular complexity index is 877. The number of aromatic nitrogens is 1. The highest BCUT2D eigenvalue weighted by atomic mass is 35.5. The second-order valence-corrected chi connectivity index (χ2v) is 8.42. The molecule has 2 heterocycles. The number of likely N-dealkylation sites (N-methyl/N-ethyl adjacent to an activating group) is 1. The van der Waals surface area contributed by atoms with E-state index >= 15 is 0 Å². The first-order valence-corrected chi connectivity index (χ1v) is 9.90. The second kappa shape index (κ2) is 7.71. The maximum absolute atomic E-state index is 12.7. The Labute approximate surface area is 157 Å². The fourth-order valence-corrected chi connectivity index (χ4v) is 4.13. The highest BCUT2D eigenvalue weighted by Gasteiger charge is 2.27. The number of amides is 1. The summed E-state index contributed by atoms with van der Waals surface area (Å²) in [5.41, 5.74) is 0.715. The van der Waals surface area contributed by atoms with Gasteiger partial charge in [0, 0.05) is 38.1 Å². The zero-order chi connectivity index (χ0) is 18.7. The van der Waals surface area contributed by atoms with E-state index in [9.17, 15) is 13.2 Å². The van der Waals surface area contributed by atoms with Crippen LogP contribution in [0.15, 0.2) is 47.5 Å². The van der Waals surface area contributed by atoms with Gasteiger partial charge in [0.25, 0.3) is 5.91 Å². The number of benzene rings is 1. The SMILES string of the molecule is CN1CCN(S(=O)(=O)c2ccc(NC(=O)c3ccc(Cl)cn3)cc2)CC1. The molecule has 1 aromatic carbocycles. The van der Waals surface area contributed by atoms with Crippen LogP contribution in [0.5, 0.6) is 0 Å². The summed E-state index contributed by atoms with van der Waals surface area (Å²) >= 11 is 5.75. The van der Waals surface area contributed by atoms with E-state index in [2.05, 4.69) is 15.2 Å². The van der Waals surface area contributed by atoms with Crippen LogP contribution in [0, 0.1) is 0 Å². The van der Waals surface area contributed by atoms with Gasteiger partial charge < -0.3 is 10.2 Å². The predicted octanol–water partition coefficient (Wildman–Crippen LogP) is 1.92. The minimum Gasteiger partial charge on any atom is -0.321 e. The second-order valence-electron chi connectivity index (χ2n) is 6.05. The van der Waals surface area contributed by atoms with Gasteiger partial charge in [0.1, 0.15) is 5.69 Å². The largest absolute Gasteiger partial charge is 0.321 e. The van der Waals surface area contributed by atoms with Crippen LogP contribution in [0.3, 0.4) is 0 Å². The first-order valence-electron chi connectivity index (χ1n) is 8.08. The summed E-state index contributed by atoms with van der Waals surface area (Å²) in [6.45, 7) is 2.36. The summed E-state index contributed by atoms with van der Waals surface area (Å²) in [7, 11) is -1.55. The lowest BCUT2D eigenvalue weighted by molar-refractivity contribution is 0.102. The number of hydrogen-bond acceptors (Lipinski definition) is 5. The molecule has 1 aromatic heterocycles. The van der Waals surface area contributed by atoms with Gasteiger partial charge in [0.2, 0.25) is 10.0 Å². The number of rotatable bonds is 4. The lowest BCUT2D eigenvalue weighted by atomic mass is 10.3. The third-order valence-electron chi connectivity index (χ3n) is 4.17. The molecule has 0 aliphatic carbocycles. The molecule has 1 amide bonds. The van der Waals surface area contributed by atoms with Crippen molar-refractivity contribution in [3.05, 3.63) is 53.3 Å². The summed E-state index contributed by atoms with van der Waals surface area (Å²) in [5.74, 6) is -0.392. The fraction of sp³-hybridized carbons (Fsp3) is 0.294. The van der Waals surface area contributed by atoms with E-state index in [0.717, 1.165) is 0 Å². The maximum atomic E-state index is 12.7. The predicted molar refractivity (Wildman–Crippen MR) is 99.9 cm³/mol. The summed E-state index contributed by atoms with van der Waals surface area (Å²) < 4.78 is 26.8. The van der Waals surface area contributed by atoms with Crippen molar-refractivity contribution in [2.75, 3.05) is 38.5 Å². The van der Waals surface area contributed by atoms with Crippen LogP contribution in [-0.4, -0.2) is 61.7 Å². The van der Waals surface area contributed by atoms with Gasteiger partial charge in [-0.05, 0) is 43.4 Å². The monoisotopic (exact) mass is 394 g/mol. The molecule has 1 N–H and O–H groups in total. The Morgan fingerprint density at radius 1 is 1.08 bits per heavy atom. The number of nitrogens with one attached hydrogen (secondary N) is 1. The van der Waals surface area contributed by atoms with Crippen molar-refractivity contribution < 1.29 is 13.2 Å². The molecule has 1 saturated heterocycles. The molecule has 138 valence electrons. The maximum Gasteiger partial charge on any atom is 0.274 e. The van der Waals surface area contributed by atoms with E-state index < -0.39 is 15.9 Å². The average Bonchev–Trinajstić information content (AvgIpc) is 2.63. The number of pyridine rings is 1. The number of hydrogen-bond donors (Lipinski definition) is 1. The van der Waals surface area contributed by atoms with Crippen LogP contribution in [0.2, 0.25) is 5.02 Å². The van der Waals surface area contributed by atoms with Crippen LogP contribution in [0.4, 0.5) is 5.69 Å². The topological polar surface area (TPSA) is 82.6 Å². The van der Waals surface area contributed by atoms with Crippen LogP contribution in [-0.2, 0) is 10.0 Å². The minimum atomic E-state index is -3.52. The smallest absolute Gasteiger partial charge is 0.274 e. The van der Waals surface area contributed by atoms with Gasteiger partial charge in [-0.15, -0.1) is 0 Å². The Kier molecular flexibility index (Phi) is 5.57. The lowest BCUT2D eigenvalue weighted by Gasteiger charge is -2.31. The fourth-order valence-electron chi connectivity index (χ4n) is 2.59. The molecule has 0 spiro atoms. The number of sulfonamides is 1. The van der Waals surface area contributed by atoms with Gasteiger partial charge in [0.15, 0.2) is 0 Å². The third-order valence-corrected chi connectivity index (χ3v) is 6.31. The molecule has 2 aromatic rings. The molecular weight excluding hydrogens is 376 g/mol. The standard InChI is InChI=1S/C17H19ClN4O3S/c1-21-8-10-22(11-9-21)26(24,25)15-5-3-14(4-6-15)20-17(23)16-7-2-13(18)12-19-16/h2-7,12H,8-11H2,1H3,(H,20,23). The van der Waals surface area contributed by atoms with Crippen molar-refractivity contribution in [2.24, 2.45) is 0 Å². The van der Waals surface area contributed by atoms with Crippen LogP contribution >= 0.6 is 11.6 Å². The summed E-state index contributed by atoms with van der Waals surface area (Å²) in [6, 6.07) is 9.23. The first kappa shape index (κ1) is 18.8. The number of halogens is 1. The number of piperazine rings is 1. The molecule has 0 saturated carbocycles. The van der Waals surface area contributed by atoms with Crippen LogP contribution < -0.4 is 5.32 Å². The lowest BCUT2D eigenvalue weighted by Crippen LogP contribution is -2.46. The highest BCUT2D eigenvalue weighted by molar-refractivity contribution is 7.89. The molecule has 0 atom stereocenters. The third kappa shape index (κ3) is 4.21. The molecule has 1 aliphatic rings. The number of carbonyl (C=O) groups excluding carboxylic acids is 1. The van der Waals surface area contributed by atoms with Gasteiger partial charge in [-0.2, -0.15) is 4.31 Å².